The van der Waals surface area contributed by atoms with Crippen molar-refractivity contribution < 1.29 is 0 Å². The van der Waals surface area contributed by atoms with Crippen molar-refractivity contribution in [3.63, 3.8) is 0 Å². The minimum absolute atomic E-state index is 0.134. The fraction of sp³-hybridized carbons (Fsp3) is 0.190. The molecule has 0 saturated carbocycles. The quantitative estimate of drug-likeness (QED) is 0.160. The molecule has 2 aliphatic heterocycles. The molecular weight excluding hydrogens is 1590 g/mol. The van der Waals surface area contributed by atoms with Gasteiger partial charge in [0.1, 0.15) is 0 Å². The van der Waals surface area contributed by atoms with E-state index in [4.69, 9.17) is 0 Å². The molecule has 0 bridgehead atoms. The number of aromatic nitrogens is 3. The number of nitrogens with zero attached hydrogens (tertiary/aromatic N) is 5. The van der Waals surface area contributed by atoms with Gasteiger partial charge in [0.15, 0.2) is 0 Å². The summed E-state index contributed by atoms with van der Waals surface area (Å²) in [5.41, 5.74) is 31.9. The van der Waals surface area contributed by atoms with Crippen LogP contribution < -0.4 is 26.2 Å². The molecule has 5 aromatic heterocycles. The van der Waals surface area contributed by atoms with Gasteiger partial charge in [-0.1, -0.05) is 392 Å². The average Bonchev–Trinajstić information content (AvgIpc) is 0.916. The second-order valence-corrected chi connectivity index (χ2v) is 44.1. The molecule has 6 heteroatoms. The number of para-hydroxylation sites is 6. The first-order chi connectivity index (χ1) is 63.3. The second-order valence-electron chi connectivity index (χ2n) is 44.1. The Hall–Kier alpha value is -14.2. The molecule has 17 aromatic carbocycles. The van der Waals surface area contributed by atoms with Gasteiger partial charge in [0.05, 0.1) is 61.2 Å². The summed E-state index contributed by atoms with van der Waals surface area (Å²) in [6.07, 6.45) is 0. The van der Waals surface area contributed by atoms with E-state index in [-0.39, 0.29) is 32.5 Å². The molecule has 0 unspecified atom stereocenters. The predicted molar refractivity (Wildman–Crippen MR) is 572 cm³/mol. The molecule has 0 aliphatic carbocycles. The third kappa shape index (κ3) is 12.3. The Kier molecular flexibility index (Phi) is 17.6. The SMILES string of the molecule is CC(C)(C)c1cc(-c2ccccc2N2c3cc4c(cc3B3c5cc6c7ccccc7c7ccccc7c7cccc8c9ccccc9n(c6cc5N(c5ccccc5-c5cc(C(C)(C)C)cc(C(C)(C)C)c5)c5cc(-n6c9ccc(C(C)(C)C)cc9c9cc(C(C)(C)C)ccc96)cc2c53)c78)c2ccccc2c2ccccc2c2cccc3c5ccccc5n4c23)cc(C(C)(C)C)c1. The van der Waals surface area contributed by atoms with Crippen LogP contribution in [0.15, 0.2) is 340 Å². The Morgan fingerprint density at radius 1 is 0.189 bits per heavy atom. The van der Waals surface area contributed by atoms with Gasteiger partial charge in [-0.05, 0) is 209 Å². The van der Waals surface area contributed by atoms with Crippen molar-refractivity contribution in [1.82, 2.24) is 13.4 Å². The molecule has 22 aromatic rings. The van der Waals surface area contributed by atoms with E-state index in [0.29, 0.717) is 0 Å². The molecule has 2 aliphatic rings. The zero-order valence-electron chi connectivity index (χ0n) is 79.1. The van der Waals surface area contributed by atoms with E-state index in [1.807, 2.05) is 0 Å². The van der Waals surface area contributed by atoms with Gasteiger partial charge in [0.2, 0.25) is 0 Å². The monoisotopic (exact) mass is 1700 g/mol. The summed E-state index contributed by atoms with van der Waals surface area (Å²) in [7, 11) is 0. The number of hydrogen-bond donors (Lipinski definition) is 0. The van der Waals surface area contributed by atoms with Crippen LogP contribution >= 0.6 is 0 Å². The molecule has 0 spiro atoms. The molecule has 642 valence electrons. The Morgan fingerprint density at radius 3 is 0.811 bits per heavy atom. The molecule has 5 nitrogen and oxygen atoms in total. The van der Waals surface area contributed by atoms with Gasteiger partial charge in [0.25, 0.3) is 6.71 Å². The number of rotatable bonds is 5. The Bertz CT molecular complexity index is 8290. The van der Waals surface area contributed by atoms with Crippen LogP contribution in [0.1, 0.15) is 158 Å². The van der Waals surface area contributed by atoms with Crippen molar-refractivity contribution in [2.24, 2.45) is 0 Å². The van der Waals surface area contributed by atoms with E-state index < -0.39 is 6.71 Å². The van der Waals surface area contributed by atoms with Crippen LogP contribution in [-0.2, 0) is 32.5 Å². The zero-order chi connectivity index (χ0) is 90.6. The predicted octanol–water partition coefficient (Wildman–Crippen LogP) is 33.1. The van der Waals surface area contributed by atoms with E-state index in [2.05, 4.69) is 488 Å². The molecule has 0 amide bonds. The van der Waals surface area contributed by atoms with Crippen LogP contribution in [-0.4, -0.2) is 20.1 Å². The van der Waals surface area contributed by atoms with E-state index in [1.54, 1.807) is 0 Å². The van der Waals surface area contributed by atoms with Gasteiger partial charge in [-0.25, -0.2) is 0 Å². The Labute approximate surface area is 774 Å². The molecule has 0 radical (unpaired) electrons. The van der Waals surface area contributed by atoms with E-state index in [9.17, 15) is 0 Å². The van der Waals surface area contributed by atoms with Gasteiger partial charge in [-0.2, -0.15) is 0 Å². The number of anilines is 6. The fourth-order valence-corrected chi connectivity index (χ4v) is 22.6. The molecule has 132 heavy (non-hydrogen) atoms. The minimum Gasteiger partial charge on any atom is -0.311 e. The molecular formula is C126H110BN5. The van der Waals surface area contributed by atoms with E-state index in [0.717, 1.165) is 94.8 Å². The lowest BCUT2D eigenvalue weighted by Crippen LogP contribution is -2.61. The van der Waals surface area contributed by atoms with Crippen LogP contribution in [0.5, 0.6) is 0 Å². The maximum atomic E-state index is 2.77. The van der Waals surface area contributed by atoms with Gasteiger partial charge in [-0.3, -0.25) is 0 Å². The molecule has 0 N–H and O–H groups in total. The summed E-state index contributed by atoms with van der Waals surface area (Å²) >= 11 is 0. The normalized spacial score (nSPS) is 13.5. The maximum absolute atomic E-state index is 2.77. The molecule has 0 atom stereocenters. The number of hydrogen-bond acceptors (Lipinski definition) is 2. The van der Waals surface area contributed by atoms with Crippen LogP contribution in [0, 0.1) is 0 Å². The fourth-order valence-electron chi connectivity index (χ4n) is 22.6. The van der Waals surface area contributed by atoms with Crippen LogP contribution in [0.25, 0.3) is 169 Å². The number of benzene rings is 17. The highest BCUT2D eigenvalue weighted by molar-refractivity contribution is 7.00. The third-order valence-corrected chi connectivity index (χ3v) is 29.6. The third-order valence-electron chi connectivity index (χ3n) is 29.6. The summed E-state index contributed by atoms with van der Waals surface area (Å²) in [5.74, 6) is 0. The summed E-state index contributed by atoms with van der Waals surface area (Å²) < 4.78 is 7.99. The summed E-state index contributed by atoms with van der Waals surface area (Å²) in [4.78, 5) is 5.55. The summed E-state index contributed by atoms with van der Waals surface area (Å²) in [6.45, 7) is 42.3. The van der Waals surface area contributed by atoms with Gasteiger partial charge >= 0.3 is 0 Å². The van der Waals surface area contributed by atoms with Crippen molar-refractivity contribution in [3.05, 3.63) is 373 Å². The molecule has 7 heterocycles. The van der Waals surface area contributed by atoms with Crippen molar-refractivity contribution in [2.45, 2.75) is 157 Å². The van der Waals surface area contributed by atoms with Gasteiger partial charge in [0, 0.05) is 87.7 Å². The van der Waals surface area contributed by atoms with E-state index in [1.165, 1.54) is 158 Å². The Morgan fingerprint density at radius 2 is 0.470 bits per heavy atom. The first-order valence-electron chi connectivity index (χ1n) is 47.5. The van der Waals surface area contributed by atoms with E-state index >= 15 is 0 Å². The lowest BCUT2D eigenvalue weighted by molar-refractivity contribution is 0.568. The first kappa shape index (κ1) is 81.1. The Balaban J connectivity index is 0.973. The standard InChI is InChI=1S/C126H110BN5/c1-121(2,3)77-57-59-110-100(67-77)101-68-78(122(4,5)6)58-60-111(101)128(110)83-69-116-118-117(70-83)130(107-54-32-28-38-85(107)76-63-81(125(13,14)15)66-82(64-76)126(16,17)18)115-74-113-103(93-46-26-22-42-89(93)87-40-20-24-44-91(87)97-50-36-52-99-95-48-30-34-56-109(95)132(113)120(97)99)72-105(115)127(118)104-71-102-92-45-25-21-41-88(92)86-39-19-23-43-90(86)96-49-35-51-98-94-47-29-33-55-108(94)131(119(96)98)112(102)73-114(104)129(116)106-53-31-27-37-84(106)75-61-79(123(7,8)9)65-80(62-75)124(10,11)12/h19-74H,1-18H3. The number of fused-ring (bicyclic) bond motifs is 27. The summed E-state index contributed by atoms with van der Waals surface area (Å²) in [6, 6.07) is 134. The van der Waals surface area contributed by atoms with Crippen LogP contribution in [0.3, 0.4) is 0 Å². The van der Waals surface area contributed by atoms with Crippen LogP contribution in [0.4, 0.5) is 34.1 Å². The van der Waals surface area contributed by atoms with Crippen molar-refractivity contribution in [1.29, 1.82) is 0 Å². The zero-order valence-corrected chi connectivity index (χ0v) is 79.1. The van der Waals surface area contributed by atoms with Crippen LogP contribution in [0.2, 0.25) is 0 Å². The lowest BCUT2D eigenvalue weighted by Gasteiger charge is -2.45. The van der Waals surface area contributed by atoms with Crippen molar-refractivity contribution in [2.75, 3.05) is 9.80 Å². The largest absolute Gasteiger partial charge is 0.311 e. The van der Waals surface area contributed by atoms with Gasteiger partial charge in [-0.15, -0.1) is 0 Å². The van der Waals surface area contributed by atoms with Crippen molar-refractivity contribution in [3.8, 4) is 27.9 Å². The highest BCUT2D eigenvalue weighted by atomic mass is 15.2. The first-order valence-corrected chi connectivity index (χ1v) is 47.5. The highest BCUT2D eigenvalue weighted by Crippen LogP contribution is 2.55. The molecule has 0 fully saturated rings. The lowest BCUT2D eigenvalue weighted by atomic mass is 9.33. The topological polar surface area (TPSA) is 20.2 Å². The minimum atomic E-state index is -0.437. The maximum Gasteiger partial charge on any atom is 0.252 e. The summed E-state index contributed by atoms with van der Waals surface area (Å²) in [5, 5.41) is 21.5. The second kappa shape index (κ2) is 28.7. The molecule has 0 saturated heterocycles. The average molecular weight is 1710 g/mol. The highest BCUT2D eigenvalue weighted by Gasteiger charge is 2.46. The van der Waals surface area contributed by atoms with Gasteiger partial charge < -0.3 is 23.2 Å². The smallest absolute Gasteiger partial charge is 0.252 e. The molecule has 24 rings (SSSR count). The van der Waals surface area contributed by atoms with Crippen molar-refractivity contribution >= 4 is 198 Å².